The molecule has 0 aromatic heterocycles. The van der Waals surface area contributed by atoms with Crippen LogP contribution in [0.3, 0.4) is 0 Å². The Morgan fingerprint density at radius 2 is 1.88 bits per heavy atom. The molecule has 0 fully saturated rings. The van der Waals surface area contributed by atoms with Crippen LogP contribution in [0.4, 0.5) is 0 Å². The minimum absolute atomic E-state index is 0.00705. The normalized spacial score (nSPS) is 11.8. The number of rotatable bonds is 6. The molecule has 0 unspecified atom stereocenters. The van der Waals surface area contributed by atoms with Crippen molar-refractivity contribution in [2.45, 2.75) is 19.8 Å². The monoisotopic (exact) mass is 372 g/mol. The van der Waals surface area contributed by atoms with Crippen molar-refractivity contribution < 1.29 is 14.4 Å². The number of nitrogens with zero attached hydrogens (tertiary/aromatic N) is 1. The molecule has 0 bridgehead atoms. The summed E-state index contributed by atoms with van der Waals surface area (Å²) in [4.78, 5) is 16.6. The van der Waals surface area contributed by atoms with E-state index < -0.39 is 5.97 Å². The Kier molecular flexibility index (Phi) is 6.81. The molecule has 0 aliphatic carbocycles. The zero-order valence-corrected chi connectivity index (χ0v) is 15.7. The van der Waals surface area contributed by atoms with Gasteiger partial charge in [0.25, 0.3) is 0 Å². The molecule has 0 saturated carbocycles. The van der Waals surface area contributed by atoms with E-state index in [1.165, 1.54) is 18.7 Å². The number of nitrogens with two attached hydrogens (primary N) is 1. The van der Waals surface area contributed by atoms with E-state index in [1.54, 1.807) is 24.3 Å². The van der Waals surface area contributed by atoms with Crippen LogP contribution >= 0.6 is 11.6 Å². The third-order valence-electron chi connectivity index (χ3n) is 3.69. The molecule has 0 atom stereocenters. The first kappa shape index (κ1) is 19.5. The fraction of sp³-hybridized carbons (Fsp3) is 0.200. The van der Waals surface area contributed by atoms with E-state index in [2.05, 4.69) is 19.0 Å². The fourth-order valence-electron chi connectivity index (χ4n) is 2.21. The molecule has 0 radical (unpaired) electrons. The minimum Gasteiger partial charge on any atom is -0.496 e. The van der Waals surface area contributed by atoms with Crippen molar-refractivity contribution in [1.29, 1.82) is 0 Å². The van der Waals surface area contributed by atoms with E-state index in [9.17, 15) is 4.79 Å². The van der Waals surface area contributed by atoms with Crippen LogP contribution in [0, 0.1) is 0 Å². The Bertz CT molecular complexity index is 827. The van der Waals surface area contributed by atoms with Crippen LogP contribution in [-0.2, 0) is 9.63 Å². The summed E-state index contributed by atoms with van der Waals surface area (Å²) in [6.45, 7) is 4.25. The van der Waals surface area contributed by atoms with E-state index in [1.807, 2.05) is 24.3 Å². The highest BCUT2D eigenvalue weighted by Crippen LogP contribution is 2.22. The predicted octanol–water partition coefficient (Wildman–Crippen LogP) is 4.35. The van der Waals surface area contributed by atoms with Crippen molar-refractivity contribution in [1.82, 2.24) is 0 Å². The molecule has 2 N–H and O–H groups in total. The van der Waals surface area contributed by atoms with Gasteiger partial charge in [-0.25, -0.2) is 4.79 Å². The van der Waals surface area contributed by atoms with E-state index in [0.717, 1.165) is 5.56 Å². The second kappa shape index (κ2) is 9.06. The third kappa shape index (κ3) is 5.36. The number of amidine groups is 1. The van der Waals surface area contributed by atoms with Crippen molar-refractivity contribution in [2.24, 2.45) is 10.9 Å². The van der Waals surface area contributed by atoms with Gasteiger partial charge >= 0.3 is 5.97 Å². The van der Waals surface area contributed by atoms with E-state index in [0.29, 0.717) is 22.3 Å². The van der Waals surface area contributed by atoms with Gasteiger partial charge in [-0.3, -0.25) is 0 Å². The SMILES string of the molecule is COc1ccc(Cl)cc1/C(N)=N/OC(=O)/C=C\c1ccc(C(C)C)cc1. The van der Waals surface area contributed by atoms with E-state index in [-0.39, 0.29) is 5.84 Å². The summed E-state index contributed by atoms with van der Waals surface area (Å²) in [5.41, 5.74) is 8.42. The Morgan fingerprint density at radius 1 is 1.19 bits per heavy atom. The van der Waals surface area contributed by atoms with Gasteiger partial charge in [-0.15, -0.1) is 0 Å². The van der Waals surface area contributed by atoms with Crippen LogP contribution < -0.4 is 10.5 Å². The number of hydrogen-bond acceptors (Lipinski definition) is 4. The van der Waals surface area contributed by atoms with Crippen LogP contribution in [-0.4, -0.2) is 18.9 Å². The summed E-state index contributed by atoms with van der Waals surface area (Å²) in [7, 11) is 1.50. The van der Waals surface area contributed by atoms with Gasteiger partial charge in [0.05, 0.1) is 12.7 Å². The van der Waals surface area contributed by atoms with Crippen molar-refractivity contribution >= 4 is 29.5 Å². The first-order chi connectivity index (χ1) is 12.4. The van der Waals surface area contributed by atoms with Crippen LogP contribution in [0.5, 0.6) is 5.75 Å². The maximum Gasteiger partial charge on any atom is 0.358 e. The summed E-state index contributed by atoms with van der Waals surface area (Å²) >= 11 is 5.94. The number of methoxy groups -OCH3 is 1. The van der Waals surface area contributed by atoms with Gasteiger partial charge in [0, 0.05) is 11.1 Å². The second-order valence-corrected chi connectivity index (χ2v) is 6.32. The standard InChI is InChI=1S/C20H21ClN2O3/c1-13(2)15-7-4-14(5-8-15)6-11-19(24)26-23-20(22)17-12-16(21)9-10-18(17)25-3/h4-13H,1-3H3,(H2,22,23)/b11-6-. The molecule has 0 spiro atoms. The van der Waals surface area contributed by atoms with Crippen LogP contribution in [0.1, 0.15) is 36.5 Å². The molecule has 0 saturated heterocycles. The molecule has 0 heterocycles. The molecule has 6 heteroatoms. The highest BCUT2D eigenvalue weighted by Gasteiger charge is 2.09. The smallest absolute Gasteiger partial charge is 0.358 e. The van der Waals surface area contributed by atoms with Gasteiger partial charge in [-0.2, -0.15) is 0 Å². The van der Waals surface area contributed by atoms with E-state index in [4.69, 9.17) is 26.9 Å². The Labute approximate surface area is 158 Å². The number of benzene rings is 2. The number of carbonyl (C=O) groups is 1. The molecule has 26 heavy (non-hydrogen) atoms. The molecule has 136 valence electrons. The predicted molar refractivity (Wildman–Crippen MR) is 104 cm³/mol. The van der Waals surface area contributed by atoms with Crippen molar-refractivity contribution in [2.75, 3.05) is 7.11 Å². The van der Waals surface area contributed by atoms with Crippen LogP contribution in [0.25, 0.3) is 6.08 Å². The number of oxime groups is 1. The molecular formula is C20H21ClN2O3. The molecule has 0 aliphatic heterocycles. The van der Waals surface area contributed by atoms with Gasteiger partial charge < -0.3 is 15.3 Å². The lowest BCUT2D eigenvalue weighted by Crippen LogP contribution is -2.16. The van der Waals surface area contributed by atoms with Crippen molar-refractivity contribution in [3.05, 3.63) is 70.3 Å². The zero-order chi connectivity index (χ0) is 19.1. The average molecular weight is 373 g/mol. The third-order valence-corrected chi connectivity index (χ3v) is 3.92. The molecule has 0 amide bonds. The molecule has 0 aliphatic rings. The molecule has 5 nitrogen and oxygen atoms in total. The summed E-state index contributed by atoms with van der Waals surface area (Å²) in [5, 5.41) is 4.12. The van der Waals surface area contributed by atoms with Crippen molar-refractivity contribution in [3.63, 3.8) is 0 Å². The van der Waals surface area contributed by atoms with Gasteiger partial charge in [-0.1, -0.05) is 54.9 Å². The Balaban J connectivity index is 2.03. The summed E-state index contributed by atoms with van der Waals surface area (Å²) in [6, 6.07) is 12.8. The lowest BCUT2D eigenvalue weighted by atomic mass is 10.0. The summed E-state index contributed by atoms with van der Waals surface area (Å²) < 4.78 is 5.19. The van der Waals surface area contributed by atoms with Crippen molar-refractivity contribution in [3.8, 4) is 5.75 Å². The first-order valence-corrected chi connectivity index (χ1v) is 8.45. The summed E-state index contributed by atoms with van der Waals surface area (Å²) in [5.74, 6) is 0.292. The number of hydrogen-bond donors (Lipinski definition) is 1. The van der Waals surface area contributed by atoms with Gasteiger partial charge in [-0.05, 0) is 41.3 Å². The van der Waals surface area contributed by atoms with Gasteiger partial charge in [0.2, 0.25) is 0 Å². The molecule has 2 aromatic carbocycles. The van der Waals surface area contributed by atoms with Crippen LogP contribution in [0.15, 0.2) is 53.7 Å². The maximum absolute atomic E-state index is 11.8. The molecule has 2 rings (SSSR count). The highest BCUT2D eigenvalue weighted by molar-refractivity contribution is 6.31. The topological polar surface area (TPSA) is 73.9 Å². The lowest BCUT2D eigenvalue weighted by Gasteiger charge is -2.07. The highest BCUT2D eigenvalue weighted by atomic mass is 35.5. The fourth-order valence-corrected chi connectivity index (χ4v) is 2.38. The van der Waals surface area contributed by atoms with E-state index >= 15 is 0 Å². The molecule has 2 aromatic rings. The lowest BCUT2D eigenvalue weighted by molar-refractivity contribution is -0.137. The quantitative estimate of drug-likeness (QED) is 0.269. The second-order valence-electron chi connectivity index (χ2n) is 5.89. The maximum atomic E-state index is 11.8. The number of ether oxygens (including phenoxy) is 1. The Morgan fingerprint density at radius 3 is 2.50 bits per heavy atom. The number of halogens is 1. The number of carbonyl (C=O) groups excluding carboxylic acids is 1. The Hall–Kier alpha value is -2.79. The summed E-state index contributed by atoms with van der Waals surface area (Å²) in [6.07, 6.45) is 2.94. The largest absolute Gasteiger partial charge is 0.496 e. The zero-order valence-electron chi connectivity index (χ0n) is 14.9. The first-order valence-electron chi connectivity index (χ1n) is 8.07. The van der Waals surface area contributed by atoms with Gasteiger partial charge in [0.15, 0.2) is 5.84 Å². The molecular weight excluding hydrogens is 352 g/mol. The van der Waals surface area contributed by atoms with Crippen LogP contribution in [0.2, 0.25) is 5.02 Å². The van der Waals surface area contributed by atoms with Gasteiger partial charge in [0.1, 0.15) is 5.75 Å². The minimum atomic E-state index is -0.637. The average Bonchev–Trinajstić information content (AvgIpc) is 2.64.